The molecule has 0 radical (unpaired) electrons. The lowest BCUT2D eigenvalue weighted by Crippen LogP contribution is -2.45. The highest BCUT2D eigenvalue weighted by atomic mass is 127. The number of anilines is 1. The first-order valence-corrected chi connectivity index (χ1v) is 8.85. The normalized spacial score (nSPS) is 15.5. The van der Waals surface area contributed by atoms with Crippen LogP contribution in [0.25, 0.3) is 0 Å². The molecule has 7 heteroatoms. The number of carbonyl (C=O) groups excluding carboxylic acids is 1. The fourth-order valence-electron chi connectivity index (χ4n) is 2.73. The van der Waals surface area contributed by atoms with Crippen molar-refractivity contribution in [1.82, 2.24) is 15.2 Å². The van der Waals surface area contributed by atoms with Crippen molar-refractivity contribution in [3.8, 4) is 0 Å². The summed E-state index contributed by atoms with van der Waals surface area (Å²) in [5, 5.41) is 6.15. The van der Waals surface area contributed by atoms with Gasteiger partial charge in [0.15, 0.2) is 5.96 Å². The molecule has 0 atom stereocenters. The summed E-state index contributed by atoms with van der Waals surface area (Å²) in [6.07, 6.45) is 2.75. The van der Waals surface area contributed by atoms with Crippen LogP contribution in [-0.4, -0.2) is 47.9 Å². The lowest BCUT2D eigenvalue weighted by molar-refractivity contribution is -0.116. The van der Waals surface area contributed by atoms with Crippen LogP contribution in [0.4, 0.5) is 5.82 Å². The molecule has 0 spiro atoms. The minimum absolute atomic E-state index is 0. The maximum atomic E-state index is 12.0. The topological polar surface area (TPSA) is 69.6 Å². The standard InChI is InChI=1S/C18H29N5O.HI/c1-4-19-18(23-12-9-14(2)10-13-23)20-11-8-17(24)22-16-7-5-6-15(3)21-16;/h5-7,14H,4,8-13H2,1-3H3,(H,19,20)(H,21,22,24);1H. The molecule has 25 heavy (non-hydrogen) atoms. The van der Waals surface area contributed by atoms with Gasteiger partial charge in [-0.05, 0) is 44.7 Å². The van der Waals surface area contributed by atoms with E-state index in [9.17, 15) is 4.79 Å². The maximum absolute atomic E-state index is 12.0. The number of aromatic nitrogens is 1. The summed E-state index contributed by atoms with van der Waals surface area (Å²) in [6.45, 7) is 9.65. The first-order valence-electron chi connectivity index (χ1n) is 8.85. The van der Waals surface area contributed by atoms with E-state index >= 15 is 0 Å². The number of aliphatic imine (C=N–C) groups is 1. The van der Waals surface area contributed by atoms with E-state index in [0.29, 0.717) is 18.8 Å². The molecule has 2 heterocycles. The van der Waals surface area contributed by atoms with Crippen molar-refractivity contribution < 1.29 is 4.79 Å². The molecule has 1 amide bonds. The molecule has 0 saturated carbocycles. The summed E-state index contributed by atoms with van der Waals surface area (Å²) in [6, 6.07) is 5.59. The number of likely N-dealkylation sites (tertiary alicyclic amines) is 1. The van der Waals surface area contributed by atoms with E-state index in [1.807, 2.05) is 19.1 Å². The zero-order valence-electron chi connectivity index (χ0n) is 15.4. The molecular formula is C18H30IN5O. The van der Waals surface area contributed by atoms with Gasteiger partial charge in [-0.1, -0.05) is 13.0 Å². The van der Waals surface area contributed by atoms with E-state index in [2.05, 4.69) is 39.4 Å². The third-order valence-corrected chi connectivity index (χ3v) is 4.17. The monoisotopic (exact) mass is 459 g/mol. The average molecular weight is 459 g/mol. The Kier molecular flexibility index (Phi) is 9.77. The number of guanidine groups is 1. The van der Waals surface area contributed by atoms with E-state index in [0.717, 1.165) is 37.2 Å². The van der Waals surface area contributed by atoms with Crippen molar-refractivity contribution in [2.45, 2.75) is 40.0 Å². The van der Waals surface area contributed by atoms with Crippen LogP contribution in [0.3, 0.4) is 0 Å². The molecular weight excluding hydrogens is 429 g/mol. The zero-order chi connectivity index (χ0) is 17.4. The van der Waals surface area contributed by atoms with E-state index in [1.54, 1.807) is 6.07 Å². The maximum Gasteiger partial charge on any atom is 0.227 e. The van der Waals surface area contributed by atoms with Crippen molar-refractivity contribution >= 4 is 41.7 Å². The Hall–Kier alpha value is -1.38. The Labute approximate surface area is 167 Å². The summed E-state index contributed by atoms with van der Waals surface area (Å²) in [7, 11) is 0. The third-order valence-electron chi connectivity index (χ3n) is 4.17. The van der Waals surface area contributed by atoms with E-state index in [4.69, 9.17) is 0 Å². The molecule has 6 nitrogen and oxygen atoms in total. The van der Waals surface area contributed by atoms with Crippen LogP contribution in [0, 0.1) is 12.8 Å². The zero-order valence-corrected chi connectivity index (χ0v) is 17.7. The quantitative estimate of drug-likeness (QED) is 0.404. The lowest BCUT2D eigenvalue weighted by Gasteiger charge is -2.33. The number of carbonyl (C=O) groups is 1. The number of aryl methyl sites for hydroxylation is 1. The SMILES string of the molecule is CCNC(=NCCC(=O)Nc1cccc(C)n1)N1CCC(C)CC1.I. The highest BCUT2D eigenvalue weighted by molar-refractivity contribution is 14.0. The van der Waals surface area contributed by atoms with Crippen molar-refractivity contribution in [2.24, 2.45) is 10.9 Å². The summed E-state index contributed by atoms with van der Waals surface area (Å²) in [5.41, 5.74) is 0.888. The Morgan fingerprint density at radius 3 is 2.72 bits per heavy atom. The van der Waals surface area contributed by atoms with Gasteiger partial charge in [0, 0.05) is 31.7 Å². The summed E-state index contributed by atoms with van der Waals surface area (Å²) in [5.74, 6) is 2.25. The lowest BCUT2D eigenvalue weighted by atomic mass is 10.00. The smallest absolute Gasteiger partial charge is 0.227 e. The number of pyridine rings is 1. The number of amides is 1. The van der Waals surface area contributed by atoms with Gasteiger partial charge in [-0.15, -0.1) is 24.0 Å². The molecule has 0 aromatic carbocycles. The molecule has 0 aliphatic carbocycles. The van der Waals surface area contributed by atoms with Crippen molar-refractivity contribution in [1.29, 1.82) is 0 Å². The van der Waals surface area contributed by atoms with Gasteiger partial charge in [-0.2, -0.15) is 0 Å². The summed E-state index contributed by atoms with van der Waals surface area (Å²) >= 11 is 0. The summed E-state index contributed by atoms with van der Waals surface area (Å²) < 4.78 is 0. The van der Waals surface area contributed by atoms with Crippen LogP contribution >= 0.6 is 24.0 Å². The highest BCUT2D eigenvalue weighted by Crippen LogP contribution is 2.15. The van der Waals surface area contributed by atoms with Gasteiger partial charge in [0.25, 0.3) is 0 Å². The van der Waals surface area contributed by atoms with Gasteiger partial charge >= 0.3 is 0 Å². The molecule has 2 rings (SSSR count). The van der Waals surface area contributed by atoms with E-state index < -0.39 is 0 Å². The van der Waals surface area contributed by atoms with Crippen LogP contribution in [0.5, 0.6) is 0 Å². The van der Waals surface area contributed by atoms with Crippen molar-refractivity contribution in [2.75, 3.05) is 31.5 Å². The van der Waals surface area contributed by atoms with Gasteiger partial charge in [0.05, 0.1) is 6.54 Å². The van der Waals surface area contributed by atoms with Gasteiger partial charge in [0.2, 0.25) is 5.91 Å². The number of piperidine rings is 1. The Bertz CT molecular complexity index is 570. The van der Waals surface area contributed by atoms with E-state index in [1.165, 1.54) is 12.8 Å². The molecule has 1 aromatic heterocycles. The predicted molar refractivity (Wildman–Crippen MR) is 114 cm³/mol. The van der Waals surface area contributed by atoms with Crippen LogP contribution in [0.15, 0.2) is 23.2 Å². The molecule has 0 unspecified atom stereocenters. The van der Waals surface area contributed by atoms with Crippen LogP contribution in [-0.2, 0) is 4.79 Å². The number of hydrogen-bond donors (Lipinski definition) is 2. The fourth-order valence-corrected chi connectivity index (χ4v) is 2.73. The molecule has 1 aliphatic rings. The highest BCUT2D eigenvalue weighted by Gasteiger charge is 2.18. The van der Waals surface area contributed by atoms with Gasteiger partial charge in [0.1, 0.15) is 5.82 Å². The molecule has 140 valence electrons. The van der Waals surface area contributed by atoms with Gasteiger partial charge in [-0.25, -0.2) is 4.98 Å². The fraction of sp³-hybridized carbons (Fsp3) is 0.611. The van der Waals surface area contributed by atoms with Gasteiger partial charge in [-0.3, -0.25) is 9.79 Å². The second kappa shape index (κ2) is 11.3. The second-order valence-electron chi connectivity index (χ2n) is 6.37. The van der Waals surface area contributed by atoms with Crippen LogP contribution < -0.4 is 10.6 Å². The Morgan fingerprint density at radius 2 is 2.08 bits per heavy atom. The van der Waals surface area contributed by atoms with Crippen LogP contribution in [0.1, 0.15) is 38.8 Å². The van der Waals surface area contributed by atoms with Gasteiger partial charge < -0.3 is 15.5 Å². The third kappa shape index (κ3) is 7.58. The van der Waals surface area contributed by atoms with Crippen LogP contribution in [0.2, 0.25) is 0 Å². The molecule has 0 bridgehead atoms. The number of rotatable bonds is 5. The number of hydrogen-bond acceptors (Lipinski definition) is 3. The first kappa shape index (κ1) is 21.7. The molecule has 1 saturated heterocycles. The molecule has 1 aromatic rings. The Balaban J connectivity index is 0.00000312. The largest absolute Gasteiger partial charge is 0.357 e. The average Bonchev–Trinajstić information content (AvgIpc) is 2.55. The molecule has 2 N–H and O–H groups in total. The number of nitrogens with one attached hydrogen (secondary N) is 2. The molecule has 1 aliphatic heterocycles. The molecule has 1 fully saturated rings. The van der Waals surface area contributed by atoms with Crippen molar-refractivity contribution in [3.05, 3.63) is 23.9 Å². The van der Waals surface area contributed by atoms with Crippen molar-refractivity contribution in [3.63, 3.8) is 0 Å². The summed E-state index contributed by atoms with van der Waals surface area (Å²) in [4.78, 5) is 23.2. The number of nitrogens with zero attached hydrogens (tertiary/aromatic N) is 3. The Morgan fingerprint density at radius 1 is 1.36 bits per heavy atom. The predicted octanol–water partition coefficient (Wildman–Crippen LogP) is 3.03. The van der Waals surface area contributed by atoms with E-state index in [-0.39, 0.29) is 29.9 Å². The minimum atomic E-state index is -0.0556. The number of halogens is 1. The second-order valence-corrected chi connectivity index (χ2v) is 6.37. The first-order chi connectivity index (χ1) is 11.6. The minimum Gasteiger partial charge on any atom is -0.357 e.